The second-order valence-corrected chi connectivity index (χ2v) is 18.8. The van der Waals surface area contributed by atoms with Crippen molar-refractivity contribution in [2.24, 2.45) is 17.8 Å². The molecular weight excluding hydrogens is 862 g/mol. The van der Waals surface area contributed by atoms with E-state index >= 15 is 0 Å². The minimum absolute atomic E-state index is 0.00907. The summed E-state index contributed by atoms with van der Waals surface area (Å²) >= 11 is 0. The normalized spacial score (nSPS) is 18.8. The van der Waals surface area contributed by atoms with Crippen molar-refractivity contribution in [3.63, 3.8) is 0 Å². The largest absolute Gasteiger partial charge is 0.481 e. The fraction of sp³-hybridized carbons (Fsp3) is 0.784. The predicted octanol–water partition coefficient (Wildman–Crippen LogP) is 10.4. The van der Waals surface area contributed by atoms with Crippen molar-refractivity contribution < 1.29 is 52.7 Å². The Bertz CT molecular complexity index is 1820. The van der Waals surface area contributed by atoms with E-state index in [0.29, 0.717) is 12.8 Å². The number of carbonyl (C=O) groups is 4. The van der Waals surface area contributed by atoms with Crippen LogP contribution in [0.3, 0.4) is 0 Å². The molecule has 16 heteroatoms. The number of hydrogen-bond acceptors (Lipinski definition) is 13. The third kappa shape index (κ3) is 20.4. The lowest BCUT2D eigenvalue weighted by Gasteiger charge is -2.36. The number of halogens is 1. The molecule has 4 unspecified atom stereocenters. The molecule has 67 heavy (non-hydrogen) atoms. The molecule has 3 heterocycles. The number of esters is 3. The molecule has 1 aliphatic heterocycles. The summed E-state index contributed by atoms with van der Waals surface area (Å²) in [7, 11) is 0. The van der Waals surface area contributed by atoms with Gasteiger partial charge in [0.1, 0.15) is 18.9 Å². The highest BCUT2D eigenvalue weighted by Crippen LogP contribution is 2.44. The summed E-state index contributed by atoms with van der Waals surface area (Å²) in [6.07, 6.45) is 27.3. The minimum atomic E-state index is -1.88. The van der Waals surface area contributed by atoms with E-state index in [1.165, 1.54) is 101 Å². The number of nitrogens with zero attached hydrogens (tertiary/aromatic N) is 4. The van der Waals surface area contributed by atoms with Crippen LogP contribution in [0.2, 0.25) is 0 Å². The smallest absolute Gasteiger partial charge is 0.312 e. The Balaban J connectivity index is 1.66. The zero-order chi connectivity index (χ0) is 49.0. The lowest BCUT2D eigenvalue weighted by atomic mass is 9.74. The Morgan fingerprint density at radius 3 is 1.82 bits per heavy atom. The maximum Gasteiger partial charge on any atom is 0.312 e. The van der Waals surface area contributed by atoms with Gasteiger partial charge in [-0.2, -0.15) is 14.4 Å². The van der Waals surface area contributed by atoms with Crippen LogP contribution in [0.1, 0.15) is 207 Å². The number of carboxylic acids is 1. The average Bonchev–Trinajstić information content (AvgIpc) is 3.87. The first-order valence-corrected chi connectivity index (χ1v) is 25.5. The van der Waals surface area contributed by atoms with Crippen molar-refractivity contribution in [1.29, 1.82) is 0 Å². The van der Waals surface area contributed by atoms with Crippen molar-refractivity contribution in [2.45, 2.75) is 225 Å². The number of hydrogen-bond donors (Lipinski definition) is 3. The average molecular weight is 944 g/mol. The summed E-state index contributed by atoms with van der Waals surface area (Å²) in [6, 6.07) is 0. The summed E-state index contributed by atoms with van der Waals surface area (Å²) in [5.41, 5.74) is 4.08. The molecule has 1 saturated heterocycles. The molecule has 0 bridgehead atoms. The molecular formula is C51H82FN5O10. The molecule has 0 amide bonds. The van der Waals surface area contributed by atoms with Gasteiger partial charge in [-0.1, -0.05) is 155 Å². The van der Waals surface area contributed by atoms with Crippen molar-refractivity contribution in [1.82, 2.24) is 19.5 Å². The monoisotopic (exact) mass is 944 g/mol. The van der Waals surface area contributed by atoms with E-state index in [2.05, 4.69) is 34.7 Å². The Labute approximate surface area is 398 Å². The van der Waals surface area contributed by atoms with Crippen molar-refractivity contribution in [3.05, 3.63) is 12.4 Å². The first-order chi connectivity index (χ1) is 32.2. The SMILES string of the molecule is C#C[C@@]1(CC(C(=O)OC(C)COC(=O)CCCCCCCCCCCCC)C(CC(=O)O)C(C)COC(=O)CCCCCCCCCCCCC)O[C@@H](n2cnc3c(N)nc(F)nc32)C[C@@H]1O. The molecule has 0 aromatic carbocycles. The van der Waals surface area contributed by atoms with Crippen LogP contribution in [-0.2, 0) is 38.1 Å². The van der Waals surface area contributed by atoms with Crippen molar-refractivity contribution >= 4 is 40.9 Å². The van der Waals surface area contributed by atoms with Crippen LogP contribution in [0.25, 0.3) is 11.2 Å². The zero-order valence-electron chi connectivity index (χ0n) is 41.0. The Morgan fingerprint density at radius 2 is 1.33 bits per heavy atom. The predicted molar refractivity (Wildman–Crippen MR) is 255 cm³/mol. The number of aromatic nitrogens is 4. The summed E-state index contributed by atoms with van der Waals surface area (Å²) in [4.78, 5) is 63.9. The van der Waals surface area contributed by atoms with Crippen LogP contribution in [0.15, 0.2) is 6.33 Å². The third-order valence-corrected chi connectivity index (χ3v) is 13.0. The molecule has 0 saturated carbocycles. The van der Waals surface area contributed by atoms with Crippen LogP contribution in [0.4, 0.5) is 10.2 Å². The summed E-state index contributed by atoms with van der Waals surface area (Å²) in [6.45, 7) is 7.24. The van der Waals surface area contributed by atoms with Gasteiger partial charge in [-0.15, -0.1) is 6.42 Å². The van der Waals surface area contributed by atoms with Gasteiger partial charge < -0.3 is 34.9 Å². The fourth-order valence-corrected chi connectivity index (χ4v) is 8.98. The number of imidazole rings is 1. The first kappa shape index (κ1) is 57.0. The molecule has 2 aromatic rings. The topological polar surface area (TPSA) is 215 Å². The van der Waals surface area contributed by atoms with Gasteiger partial charge in [0.25, 0.3) is 0 Å². The number of ether oxygens (including phenoxy) is 4. The van der Waals surface area contributed by atoms with E-state index < -0.39 is 84.6 Å². The number of nitrogens with two attached hydrogens (primary N) is 1. The highest BCUT2D eigenvalue weighted by atomic mass is 19.1. The van der Waals surface area contributed by atoms with Gasteiger partial charge in [0.05, 0.1) is 25.0 Å². The van der Waals surface area contributed by atoms with Crippen LogP contribution in [0, 0.1) is 36.2 Å². The number of anilines is 1. The number of carboxylic acid groups (broad SMARTS) is 1. The molecule has 1 aliphatic rings. The molecule has 0 spiro atoms. The van der Waals surface area contributed by atoms with E-state index in [-0.39, 0.29) is 49.5 Å². The molecule has 3 rings (SSSR count). The molecule has 378 valence electrons. The quantitative estimate of drug-likeness (QED) is 0.0189. The van der Waals surface area contributed by atoms with Gasteiger partial charge in [-0.3, -0.25) is 23.7 Å². The van der Waals surface area contributed by atoms with Gasteiger partial charge >= 0.3 is 30.0 Å². The molecule has 7 atom stereocenters. The van der Waals surface area contributed by atoms with Crippen LogP contribution >= 0.6 is 0 Å². The Morgan fingerprint density at radius 1 is 0.836 bits per heavy atom. The first-order valence-electron chi connectivity index (χ1n) is 25.5. The molecule has 15 nitrogen and oxygen atoms in total. The van der Waals surface area contributed by atoms with E-state index in [1.807, 2.05) is 0 Å². The zero-order valence-corrected chi connectivity index (χ0v) is 41.0. The number of aliphatic hydroxyl groups excluding tert-OH is 1. The van der Waals surface area contributed by atoms with Crippen LogP contribution in [-0.4, -0.2) is 84.6 Å². The van der Waals surface area contributed by atoms with Crippen LogP contribution < -0.4 is 5.73 Å². The molecule has 2 aromatic heterocycles. The number of rotatable bonds is 37. The van der Waals surface area contributed by atoms with E-state index in [1.54, 1.807) is 13.8 Å². The second-order valence-electron chi connectivity index (χ2n) is 18.8. The number of aliphatic carboxylic acids is 1. The van der Waals surface area contributed by atoms with Crippen molar-refractivity contribution in [3.8, 4) is 12.3 Å². The lowest BCUT2D eigenvalue weighted by Crippen LogP contribution is -2.45. The summed E-state index contributed by atoms with van der Waals surface area (Å²) in [5, 5.41) is 21.7. The Kier molecular flexibility index (Phi) is 26.9. The number of nitrogen functional groups attached to an aromatic ring is 1. The van der Waals surface area contributed by atoms with Crippen molar-refractivity contribution in [2.75, 3.05) is 18.9 Å². The minimum Gasteiger partial charge on any atom is -0.481 e. The summed E-state index contributed by atoms with van der Waals surface area (Å²) in [5.74, 6) is -3.64. The number of aliphatic hydroxyl groups is 1. The van der Waals surface area contributed by atoms with E-state index in [4.69, 9.17) is 31.1 Å². The highest BCUT2D eigenvalue weighted by molar-refractivity contribution is 5.81. The van der Waals surface area contributed by atoms with Gasteiger partial charge in [0.2, 0.25) is 0 Å². The third-order valence-electron chi connectivity index (χ3n) is 13.0. The van der Waals surface area contributed by atoms with E-state index in [0.717, 1.165) is 38.5 Å². The standard InChI is InChI=1S/C51H82FN5O10/c1-6-9-11-13-15-17-19-21-23-25-27-29-44(61)64-34-37(4)39(31-43(59)60)40(49(63)66-38(5)35-65-45(62)30-28-26-24-22-20-18-16-14-12-10-7-2)33-51(8-3)41(58)32-42(67-51)57-36-54-46-47(53)55-50(52)56-48(46)57/h3,36-42,58H,6-7,9-35H2,1-2,4-5H3,(H,59,60)(H2,53,55,56)/t37?,38?,39?,40?,41-,42+,51-/m0/s1. The summed E-state index contributed by atoms with van der Waals surface area (Å²) < 4.78 is 38.9. The molecule has 4 N–H and O–H groups in total. The number of carbonyl (C=O) groups excluding carboxylic acids is 3. The number of unbranched alkanes of at least 4 members (excludes halogenated alkanes) is 20. The van der Waals surface area contributed by atoms with Gasteiger partial charge in [0.15, 0.2) is 22.6 Å². The maximum absolute atomic E-state index is 14.3. The van der Waals surface area contributed by atoms with E-state index in [9.17, 15) is 33.8 Å². The van der Waals surface area contributed by atoms with Gasteiger partial charge in [-0.25, -0.2) is 4.98 Å². The maximum atomic E-state index is 14.3. The highest BCUT2D eigenvalue weighted by Gasteiger charge is 2.52. The fourth-order valence-electron chi connectivity index (χ4n) is 8.98. The lowest BCUT2D eigenvalue weighted by molar-refractivity contribution is -0.168. The molecule has 1 fully saturated rings. The number of terminal acetylenes is 1. The molecule has 0 radical (unpaired) electrons. The molecule has 0 aliphatic carbocycles. The second kappa shape index (κ2) is 31.6. The van der Waals surface area contributed by atoms with Crippen LogP contribution in [0.5, 0.6) is 0 Å². The number of fused-ring (bicyclic) bond motifs is 1. The van der Waals surface area contributed by atoms with Gasteiger partial charge in [0, 0.05) is 32.1 Å². The Hall–Kier alpha value is -4.36. The van der Waals surface area contributed by atoms with Gasteiger partial charge in [-0.05, 0) is 31.6 Å².